The van der Waals surface area contributed by atoms with E-state index in [-0.39, 0.29) is 11.8 Å². The van der Waals surface area contributed by atoms with Gasteiger partial charge in [0.1, 0.15) is 16.1 Å². The zero-order valence-corrected chi connectivity index (χ0v) is 52.2. The van der Waals surface area contributed by atoms with E-state index in [1.807, 2.05) is 0 Å². The van der Waals surface area contributed by atoms with Crippen LogP contribution in [0.4, 0.5) is 0 Å². The molecule has 2 atom stereocenters. The topological polar surface area (TPSA) is 0 Å². The maximum absolute atomic E-state index is 4.30. The van der Waals surface area contributed by atoms with Crippen LogP contribution in [-0.4, -0.2) is 16.1 Å². The first-order chi connectivity index (χ1) is 37.1. The summed E-state index contributed by atoms with van der Waals surface area (Å²) in [6, 6.07) is 48.2. The summed E-state index contributed by atoms with van der Waals surface area (Å²) < 4.78 is 0. The molecule has 0 N–H and O–H groups in total. The molecule has 0 saturated heterocycles. The lowest BCUT2D eigenvalue weighted by molar-refractivity contribution is 0.838. The number of benzene rings is 9. The lowest BCUT2D eigenvalue weighted by Gasteiger charge is -2.38. The standard InChI is InChI=1S/C76H82Si2/c1-43(2)77(44(3)4,45(5)6)29-27-61-65-35-55-39-69-59-23-19-21-25-63(59)76(74-53(17)33-50(14)34-54(74)18)72(69)42-58(55)38-68(65)62(28-30-78(46(7)8,47(9)10)48(11)12)66-36-56-40-70-60-24-20-22-26-64(60)75(71(70)41-57(56)37-67(61)66)73-51(15)31-49(13)32-52(73)16/h19-26,31-48,75-76H,1-18H3. The van der Waals surface area contributed by atoms with Crippen LogP contribution in [0.25, 0.3) is 65.3 Å². The summed E-state index contributed by atoms with van der Waals surface area (Å²) in [5, 5.41) is 9.94. The van der Waals surface area contributed by atoms with Crippen LogP contribution in [0.5, 0.6) is 0 Å². The molecule has 0 fully saturated rings. The van der Waals surface area contributed by atoms with E-state index in [1.165, 1.54) is 132 Å². The summed E-state index contributed by atoms with van der Waals surface area (Å²) in [4.78, 5) is 0. The molecule has 0 aliphatic heterocycles. The van der Waals surface area contributed by atoms with E-state index in [4.69, 9.17) is 0 Å². The predicted molar refractivity (Wildman–Crippen MR) is 346 cm³/mol. The Morgan fingerprint density at radius 1 is 0.321 bits per heavy atom. The Bertz CT molecular complexity index is 3730. The Hall–Kier alpha value is -6.43. The van der Waals surface area contributed by atoms with Crippen LogP contribution in [0.2, 0.25) is 33.2 Å². The fourth-order valence-corrected chi connectivity index (χ4v) is 26.9. The number of hydrogen-bond donors (Lipinski definition) is 0. The summed E-state index contributed by atoms with van der Waals surface area (Å²) in [6.07, 6.45) is 0. The first-order valence-corrected chi connectivity index (χ1v) is 33.9. The van der Waals surface area contributed by atoms with Crippen molar-refractivity contribution >= 4 is 59.2 Å². The molecule has 2 aliphatic rings. The molecule has 9 aromatic carbocycles. The minimum absolute atomic E-state index is 0.154. The molecular weight excluding hydrogens is 969 g/mol. The molecule has 0 radical (unpaired) electrons. The van der Waals surface area contributed by atoms with Crippen molar-refractivity contribution in [3.63, 3.8) is 0 Å². The number of aryl methyl sites for hydroxylation is 6. The van der Waals surface area contributed by atoms with Gasteiger partial charge in [-0.2, -0.15) is 0 Å². The average Bonchev–Trinajstić information content (AvgIpc) is 3.89. The molecule has 0 amide bonds. The van der Waals surface area contributed by atoms with E-state index in [0.29, 0.717) is 33.2 Å². The van der Waals surface area contributed by atoms with Crippen LogP contribution in [0.1, 0.15) is 173 Å². The van der Waals surface area contributed by atoms with Gasteiger partial charge < -0.3 is 0 Å². The Morgan fingerprint density at radius 3 is 0.897 bits per heavy atom. The molecule has 78 heavy (non-hydrogen) atoms. The Balaban J connectivity index is 1.30. The highest BCUT2D eigenvalue weighted by Gasteiger charge is 2.43. The summed E-state index contributed by atoms with van der Waals surface area (Å²) >= 11 is 0. The molecule has 0 spiro atoms. The summed E-state index contributed by atoms with van der Waals surface area (Å²) in [5.74, 6) is 8.72. The molecule has 9 aromatic rings. The van der Waals surface area contributed by atoms with Crippen molar-refractivity contribution in [2.45, 2.75) is 170 Å². The quantitative estimate of drug-likeness (QED) is 0.0808. The molecule has 2 heteroatoms. The third-order valence-corrected chi connectivity index (χ3v) is 32.3. The van der Waals surface area contributed by atoms with Gasteiger partial charge in [-0.25, -0.2) is 0 Å². The second-order valence-corrected chi connectivity index (χ2v) is 37.2. The monoisotopic (exact) mass is 1050 g/mol. The largest absolute Gasteiger partial charge is 0.146 e. The number of hydrogen-bond acceptors (Lipinski definition) is 0. The van der Waals surface area contributed by atoms with E-state index in [0.717, 1.165) is 11.1 Å². The molecule has 0 nitrogen and oxygen atoms in total. The summed E-state index contributed by atoms with van der Waals surface area (Å²) in [6.45, 7) is 43.1. The lowest BCUT2D eigenvalue weighted by Crippen LogP contribution is -2.43. The minimum atomic E-state index is -2.19. The fourth-order valence-electron chi connectivity index (χ4n) is 16.5. The summed E-state index contributed by atoms with van der Waals surface area (Å²) in [5.41, 5.74) is 35.8. The van der Waals surface area contributed by atoms with Gasteiger partial charge in [0.15, 0.2) is 0 Å². The highest BCUT2D eigenvalue weighted by atomic mass is 28.3. The fraction of sp³-hybridized carbons (Fsp3) is 0.342. The molecule has 0 heterocycles. The number of rotatable bonds is 8. The minimum Gasteiger partial charge on any atom is -0.125 e. The Morgan fingerprint density at radius 2 is 0.603 bits per heavy atom. The van der Waals surface area contributed by atoms with Gasteiger partial charge in [0.25, 0.3) is 0 Å². The Labute approximate surface area is 470 Å². The van der Waals surface area contributed by atoms with Crippen molar-refractivity contribution in [1.82, 2.24) is 0 Å². The van der Waals surface area contributed by atoms with Crippen LogP contribution in [0.3, 0.4) is 0 Å². The maximum Gasteiger partial charge on any atom is 0.146 e. The zero-order valence-electron chi connectivity index (χ0n) is 50.2. The third-order valence-electron chi connectivity index (χ3n) is 19.7. The van der Waals surface area contributed by atoms with E-state index < -0.39 is 16.1 Å². The van der Waals surface area contributed by atoms with Crippen molar-refractivity contribution in [3.05, 3.63) is 199 Å². The highest BCUT2D eigenvalue weighted by Crippen LogP contribution is 2.54. The zero-order chi connectivity index (χ0) is 55.6. The lowest BCUT2D eigenvalue weighted by atomic mass is 9.82. The molecule has 0 bridgehead atoms. The molecule has 2 unspecified atom stereocenters. The van der Waals surface area contributed by atoms with Crippen molar-refractivity contribution in [2.24, 2.45) is 0 Å². The van der Waals surface area contributed by atoms with Gasteiger partial charge in [-0.1, -0.05) is 179 Å². The average molecular weight is 1050 g/mol. The van der Waals surface area contributed by atoms with Crippen LogP contribution >= 0.6 is 0 Å². The van der Waals surface area contributed by atoms with Gasteiger partial charge in [0, 0.05) is 23.0 Å². The van der Waals surface area contributed by atoms with E-state index in [1.54, 1.807) is 0 Å². The van der Waals surface area contributed by atoms with Gasteiger partial charge in [0.2, 0.25) is 0 Å². The smallest absolute Gasteiger partial charge is 0.125 e. The van der Waals surface area contributed by atoms with Crippen LogP contribution in [-0.2, 0) is 0 Å². The van der Waals surface area contributed by atoms with Crippen molar-refractivity contribution in [3.8, 4) is 45.2 Å². The SMILES string of the molecule is Cc1cc(C)c(C2c3ccccc3-c3cc4cc5c(C#C[Si](C(C)C)(C(C)C)C(C)C)c6cc7cc8c(cc7cc6c(C#C[Si](C(C)C)(C(C)C)C(C)C)c5cc4cc32)-c2ccccc2C8c2c(C)cc(C)cc2C)c(C)c1. The second kappa shape index (κ2) is 19.7. The van der Waals surface area contributed by atoms with Crippen LogP contribution in [0, 0.1) is 64.5 Å². The van der Waals surface area contributed by atoms with Gasteiger partial charge in [0.05, 0.1) is 0 Å². The van der Waals surface area contributed by atoms with Crippen LogP contribution in [0.15, 0.2) is 121 Å². The van der Waals surface area contributed by atoms with Gasteiger partial charge in [-0.05, 0) is 244 Å². The first-order valence-electron chi connectivity index (χ1n) is 29.5. The van der Waals surface area contributed by atoms with E-state index in [2.05, 4.69) is 269 Å². The van der Waals surface area contributed by atoms with Gasteiger partial charge in [-0.15, -0.1) is 11.1 Å². The van der Waals surface area contributed by atoms with Crippen molar-refractivity contribution in [1.29, 1.82) is 0 Å². The van der Waals surface area contributed by atoms with Gasteiger partial charge in [-0.3, -0.25) is 0 Å². The molecule has 2 aliphatic carbocycles. The van der Waals surface area contributed by atoms with E-state index >= 15 is 0 Å². The first kappa shape index (κ1) is 53.6. The summed E-state index contributed by atoms with van der Waals surface area (Å²) in [7, 11) is -4.37. The normalized spacial score (nSPS) is 15.0. The highest BCUT2D eigenvalue weighted by molar-refractivity contribution is 6.91. The van der Waals surface area contributed by atoms with Crippen LogP contribution < -0.4 is 0 Å². The molecular formula is C76H82Si2. The molecule has 0 aromatic heterocycles. The molecule has 394 valence electrons. The van der Waals surface area contributed by atoms with Crippen molar-refractivity contribution in [2.75, 3.05) is 0 Å². The number of fused-ring (bicyclic) bond motifs is 10. The molecule has 11 rings (SSSR count). The molecule has 0 saturated carbocycles. The predicted octanol–water partition coefficient (Wildman–Crippen LogP) is 21.6. The maximum atomic E-state index is 4.30. The van der Waals surface area contributed by atoms with E-state index in [9.17, 15) is 0 Å². The van der Waals surface area contributed by atoms with Gasteiger partial charge >= 0.3 is 0 Å². The second-order valence-electron chi connectivity index (χ2n) is 26.1. The van der Waals surface area contributed by atoms with Crippen molar-refractivity contribution < 1.29 is 0 Å². The third kappa shape index (κ3) is 8.21. The Kier molecular flexibility index (Phi) is 13.6.